The summed E-state index contributed by atoms with van der Waals surface area (Å²) in [5.74, 6) is 0.444. The standard InChI is InChI=1S/C7H3ClN4/c8-6-4-11-7-10-2-1-5(3-9)12(6)7/h1-2,4H. The van der Waals surface area contributed by atoms with Crippen LogP contribution in [0.25, 0.3) is 5.78 Å². The minimum absolute atomic E-state index is 0.398. The van der Waals surface area contributed by atoms with Gasteiger partial charge in [0.1, 0.15) is 16.9 Å². The van der Waals surface area contributed by atoms with Crippen LogP contribution in [-0.4, -0.2) is 14.4 Å². The molecule has 0 N–H and O–H groups in total. The average molecular weight is 179 g/mol. The summed E-state index contributed by atoms with van der Waals surface area (Å²) < 4.78 is 1.49. The molecule has 0 aliphatic carbocycles. The van der Waals surface area contributed by atoms with Crippen molar-refractivity contribution in [2.24, 2.45) is 0 Å². The Labute approximate surface area is 73.0 Å². The van der Waals surface area contributed by atoms with Gasteiger partial charge in [0.2, 0.25) is 5.78 Å². The number of aromatic nitrogens is 3. The fourth-order valence-electron chi connectivity index (χ4n) is 0.972. The van der Waals surface area contributed by atoms with Gasteiger partial charge in [-0.05, 0) is 6.07 Å². The highest BCUT2D eigenvalue weighted by Crippen LogP contribution is 2.12. The van der Waals surface area contributed by atoms with Crippen molar-refractivity contribution in [1.29, 1.82) is 5.26 Å². The lowest BCUT2D eigenvalue weighted by atomic mass is 10.4. The van der Waals surface area contributed by atoms with Crippen LogP contribution in [0.1, 0.15) is 5.69 Å². The molecule has 0 aromatic carbocycles. The molecular weight excluding hydrogens is 176 g/mol. The minimum Gasteiger partial charge on any atom is -0.257 e. The number of imidazole rings is 1. The van der Waals surface area contributed by atoms with Gasteiger partial charge in [0.25, 0.3) is 0 Å². The fraction of sp³-hybridized carbons (Fsp3) is 0. The molecule has 0 unspecified atom stereocenters. The number of rotatable bonds is 0. The van der Waals surface area contributed by atoms with Crippen LogP contribution in [-0.2, 0) is 0 Å². The zero-order valence-electron chi connectivity index (χ0n) is 5.90. The Morgan fingerprint density at radius 1 is 1.50 bits per heavy atom. The predicted molar refractivity (Wildman–Crippen MR) is 42.7 cm³/mol. The highest BCUT2D eigenvalue weighted by Gasteiger charge is 2.04. The van der Waals surface area contributed by atoms with E-state index in [4.69, 9.17) is 16.9 Å². The molecule has 5 heteroatoms. The Balaban J connectivity index is 2.96. The third-order valence-electron chi connectivity index (χ3n) is 1.48. The van der Waals surface area contributed by atoms with E-state index in [0.29, 0.717) is 16.6 Å². The SMILES string of the molecule is N#Cc1ccnc2ncc(Cl)n12. The Hall–Kier alpha value is -1.60. The lowest BCUT2D eigenvalue weighted by Crippen LogP contribution is -1.93. The van der Waals surface area contributed by atoms with Crippen molar-refractivity contribution in [2.45, 2.75) is 0 Å². The fourth-order valence-corrected chi connectivity index (χ4v) is 1.19. The molecule has 0 saturated heterocycles. The van der Waals surface area contributed by atoms with Crippen LogP contribution in [0, 0.1) is 11.3 Å². The van der Waals surface area contributed by atoms with Gasteiger partial charge in [0, 0.05) is 6.20 Å². The molecule has 58 valence electrons. The van der Waals surface area contributed by atoms with E-state index in [0.717, 1.165) is 0 Å². The van der Waals surface area contributed by atoms with Crippen molar-refractivity contribution in [2.75, 3.05) is 0 Å². The summed E-state index contributed by atoms with van der Waals surface area (Å²) in [5, 5.41) is 9.09. The third-order valence-corrected chi connectivity index (χ3v) is 1.74. The Kier molecular flexibility index (Phi) is 1.45. The van der Waals surface area contributed by atoms with Crippen LogP contribution < -0.4 is 0 Å². The summed E-state index contributed by atoms with van der Waals surface area (Å²) in [6, 6.07) is 3.58. The number of hydrogen-bond donors (Lipinski definition) is 0. The summed E-state index contributed by atoms with van der Waals surface area (Å²) in [7, 11) is 0. The van der Waals surface area contributed by atoms with E-state index in [9.17, 15) is 0 Å². The highest BCUT2D eigenvalue weighted by molar-refractivity contribution is 6.29. The molecule has 12 heavy (non-hydrogen) atoms. The number of halogens is 1. The van der Waals surface area contributed by atoms with Gasteiger partial charge in [-0.1, -0.05) is 11.6 Å². The average Bonchev–Trinajstić information content (AvgIpc) is 2.48. The molecule has 2 aromatic heterocycles. The van der Waals surface area contributed by atoms with Gasteiger partial charge >= 0.3 is 0 Å². The van der Waals surface area contributed by atoms with E-state index < -0.39 is 0 Å². The maximum atomic E-state index is 8.69. The van der Waals surface area contributed by atoms with Crippen LogP contribution >= 0.6 is 11.6 Å². The summed E-state index contributed by atoms with van der Waals surface area (Å²) in [6.45, 7) is 0. The number of nitrogens with zero attached hydrogens (tertiary/aromatic N) is 4. The van der Waals surface area contributed by atoms with Gasteiger partial charge in [0.15, 0.2) is 0 Å². The van der Waals surface area contributed by atoms with Gasteiger partial charge in [-0.25, -0.2) is 9.97 Å². The normalized spacial score (nSPS) is 10.0. The Bertz CT molecular complexity index is 468. The highest BCUT2D eigenvalue weighted by atomic mass is 35.5. The van der Waals surface area contributed by atoms with E-state index in [1.807, 2.05) is 6.07 Å². The van der Waals surface area contributed by atoms with Crippen LogP contribution in [0.2, 0.25) is 5.15 Å². The second kappa shape index (κ2) is 2.47. The molecule has 0 aliphatic rings. The van der Waals surface area contributed by atoms with E-state index >= 15 is 0 Å². The first kappa shape index (κ1) is 7.07. The Morgan fingerprint density at radius 2 is 2.33 bits per heavy atom. The first-order valence-corrected chi connectivity index (χ1v) is 3.59. The van der Waals surface area contributed by atoms with Crippen LogP contribution in [0.5, 0.6) is 0 Å². The number of fused-ring (bicyclic) bond motifs is 1. The topological polar surface area (TPSA) is 54.0 Å². The van der Waals surface area contributed by atoms with E-state index in [2.05, 4.69) is 9.97 Å². The molecule has 2 heterocycles. The zero-order chi connectivity index (χ0) is 8.55. The molecule has 2 aromatic rings. The number of nitriles is 1. The second-order valence-electron chi connectivity index (χ2n) is 2.16. The van der Waals surface area contributed by atoms with Crippen LogP contribution in [0.3, 0.4) is 0 Å². The molecule has 0 saturated carbocycles. The molecule has 0 bridgehead atoms. The monoisotopic (exact) mass is 178 g/mol. The third kappa shape index (κ3) is 0.840. The molecule has 0 amide bonds. The van der Waals surface area contributed by atoms with Gasteiger partial charge in [-0.3, -0.25) is 4.40 Å². The summed E-state index contributed by atoms with van der Waals surface area (Å²) >= 11 is 5.77. The number of hydrogen-bond acceptors (Lipinski definition) is 3. The van der Waals surface area contributed by atoms with Gasteiger partial charge in [-0.2, -0.15) is 5.26 Å². The summed E-state index contributed by atoms with van der Waals surface area (Å²) in [4.78, 5) is 7.82. The van der Waals surface area contributed by atoms with Crippen molar-refractivity contribution in [3.63, 3.8) is 0 Å². The quantitative estimate of drug-likeness (QED) is 0.610. The van der Waals surface area contributed by atoms with E-state index in [1.165, 1.54) is 16.8 Å². The molecule has 0 aliphatic heterocycles. The predicted octanol–water partition coefficient (Wildman–Crippen LogP) is 1.25. The first-order valence-electron chi connectivity index (χ1n) is 3.21. The smallest absolute Gasteiger partial charge is 0.235 e. The molecule has 0 spiro atoms. The minimum atomic E-state index is 0.398. The second-order valence-corrected chi connectivity index (χ2v) is 2.55. The maximum absolute atomic E-state index is 8.69. The van der Waals surface area contributed by atoms with Crippen molar-refractivity contribution in [3.05, 3.63) is 29.3 Å². The summed E-state index contributed by atoms with van der Waals surface area (Å²) in [5.41, 5.74) is 0.433. The molecule has 0 fully saturated rings. The maximum Gasteiger partial charge on any atom is 0.235 e. The molecule has 0 radical (unpaired) electrons. The lowest BCUT2D eigenvalue weighted by Gasteiger charge is -1.94. The molecular formula is C7H3ClN4. The Morgan fingerprint density at radius 3 is 3.08 bits per heavy atom. The summed E-state index contributed by atoms with van der Waals surface area (Å²) in [6.07, 6.45) is 2.99. The largest absolute Gasteiger partial charge is 0.257 e. The lowest BCUT2D eigenvalue weighted by molar-refractivity contribution is 1.08. The van der Waals surface area contributed by atoms with E-state index in [-0.39, 0.29) is 0 Å². The van der Waals surface area contributed by atoms with Gasteiger partial charge < -0.3 is 0 Å². The van der Waals surface area contributed by atoms with Gasteiger partial charge in [0.05, 0.1) is 6.20 Å². The zero-order valence-corrected chi connectivity index (χ0v) is 6.65. The molecule has 2 rings (SSSR count). The van der Waals surface area contributed by atoms with Crippen LogP contribution in [0.4, 0.5) is 0 Å². The first-order chi connectivity index (χ1) is 5.83. The van der Waals surface area contributed by atoms with Crippen LogP contribution in [0.15, 0.2) is 18.5 Å². The van der Waals surface area contributed by atoms with E-state index in [1.54, 1.807) is 6.07 Å². The van der Waals surface area contributed by atoms with Gasteiger partial charge in [-0.15, -0.1) is 0 Å². The molecule has 4 nitrogen and oxygen atoms in total. The van der Waals surface area contributed by atoms with Crippen molar-refractivity contribution < 1.29 is 0 Å². The van der Waals surface area contributed by atoms with Crippen molar-refractivity contribution in [3.8, 4) is 6.07 Å². The van der Waals surface area contributed by atoms with Crippen molar-refractivity contribution in [1.82, 2.24) is 14.4 Å². The van der Waals surface area contributed by atoms with Crippen molar-refractivity contribution >= 4 is 17.4 Å². The molecule has 0 atom stereocenters.